The van der Waals surface area contributed by atoms with Crippen LogP contribution in [0.2, 0.25) is 0 Å². The third-order valence-corrected chi connectivity index (χ3v) is 2.74. The van der Waals surface area contributed by atoms with Gasteiger partial charge >= 0.3 is 0 Å². The maximum atomic E-state index is 3.88. The van der Waals surface area contributed by atoms with Crippen molar-refractivity contribution in [2.45, 2.75) is 25.3 Å². The van der Waals surface area contributed by atoms with Crippen molar-refractivity contribution in [1.29, 1.82) is 0 Å². The smallest absolute Gasteiger partial charge is 0.0272 e. The van der Waals surface area contributed by atoms with E-state index in [0.717, 1.165) is 6.54 Å². The highest BCUT2D eigenvalue weighted by Gasteiger charge is 2.30. The summed E-state index contributed by atoms with van der Waals surface area (Å²) in [7, 11) is 0. The molecule has 0 unspecified atom stereocenters. The molecule has 0 bridgehead atoms. The lowest BCUT2D eigenvalue weighted by Gasteiger charge is -2.17. The maximum Gasteiger partial charge on any atom is 0.0272 e. The molecule has 1 atom stereocenters. The summed E-state index contributed by atoms with van der Waals surface area (Å²) in [6.45, 7) is 7.27. The summed E-state index contributed by atoms with van der Waals surface area (Å²) in [5, 5.41) is 0. The van der Waals surface area contributed by atoms with E-state index in [9.17, 15) is 0 Å². The first-order chi connectivity index (χ1) is 5.26. The van der Waals surface area contributed by atoms with Crippen molar-refractivity contribution in [1.82, 2.24) is 4.57 Å². The van der Waals surface area contributed by atoms with Crippen LogP contribution in [0.5, 0.6) is 0 Å². The predicted octanol–water partition coefficient (Wildman–Crippen LogP) is 2.34. The van der Waals surface area contributed by atoms with Gasteiger partial charge in [-0.05, 0) is 18.6 Å². The fourth-order valence-corrected chi connectivity index (χ4v) is 1.81. The fourth-order valence-electron chi connectivity index (χ4n) is 1.81. The Balaban J connectivity index is 2.53. The van der Waals surface area contributed by atoms with Gasteiger partial charge in [0.1, 0.15) is 0 Å². The van der Waals surface area contributed by atoms with E-state index in [1.807, 2.05) is 0 Å². The molecule has 2 rings (SSSR count). The molecule has 1 aromatic heterocycles. The van der Waals surface area contributed by atoms with Crippen LogP contribution >= 0.6 is 0 Å². The van der Waals surface area contributed by atoms with E-state index in [1.165, 1.54) is 12.1 Å². The summed E-state index contributed by atoms with van der Waals surface area (Å²) in [5.41, 5.74) is 1.64. The number of hydrogen-bond acceptors (Lipinski definition) is 0. The molecule has 1 nitrogen and oxygen atoms in total. The number of aryl methyl sites for hydroxylation is 1. The number of aromatic nitrogens is 1. The van der Waals surface area contributed by atoms with Gasteiger partial charge in [-0.2, -0.15) is 0 Å². The molecule has 1 aromatic rings. The summed E-state index contributed by atoms with van der Waals surface area (Å²) >= 11 is 0. The van der Waals surface area contributed by atoms with Crippen LogP contribution in [-0.2, 0) is 12.0 Å². The third-order valence-electron chi connectivity index (χ3n) is 2.74. The zero-order valence-corrected chi connectivity index (χ0v) is 6.88. The first kappa shape index (κ1) is 6.71. The zero-order chi connectivity index (χ0) is 7.90. The summed E-state index contributed by atoms with van der Waals surface area (Å²) < 4.78 is 2.31. The van der Waals surface area contributed by atoms with Gasteiger partial charge in [0.2, 0.25) is 0 Å². The third kappa shape index (κ3) is 0.770. The highest BCUT2D eigenvalue weighted by Crippen LogP contribution is 2.35. The molecule has 0 spiro atoms. The number of fused-ring (bicyclic) bond motifs is 1. The molecule has 58 valence electrons. The van der Waals surface area contributed by atoms with Gasteiger partial charge in [-0.3, -0.25) is 0 Å². The van der Waals surface area contributed by atoms with Gasteiger partial charge in [-0.15, -0.1) is 6.58 Å². The second-order valence-corrected chi connectivity index (χ2v) is 3.46. The lowest BCUT2D eigenvalue weighted by molar-refractivity contribution is 0.585. The standard InChI is InChI=1S/C10H13N/c1-3-10(2)6-8-11-7-4-5-9(10)11/h3-5,7H,1,6,8H2,2H3/t10-/m1/s1. The van der Waals surface area contributed by atoms with Crippen LogP contribution < -0.4 is 0 Å². The average Bonchev–Trinajstić information content (AvgIpc) is 2.55. The van der Waals surface area contributed by atoms with Crippen molar-refractivity contribution in [3.8, 4) is 0 Å². The zero-order valence-electron chi connectivity index (χ0n) is 6.88. The lowest BCUT2D eigenvalue weighted by Crippen LogP contribution is -2.13. The largest absolute Gasteiger partial charge is 0.351 e. The van der Waals surface area contributed by atoms with Gasteiger partial charge in [0.05, 0.1) is 0 Å². The predicted molar refractivity (Wildman–Crippen MR) is 46.6 cm³/mol. The number of allylic oxidation sites excluding steroid dienone is 1. The Morgan fingerprint density at radius 1 is 1.73 bits per heavy atom. The SMILES string of the molecule is C=C[C@]1(C)CCn2cccc21. The minimum Gasteiger partial charge on any atom is -0.351 e. The van der Waals surface area contributed by atoms with Crippen molar-refractivity contribution in [2.75, 3.05) is 0 Å². The molecule has 1 heteroatoms. The van der Waals surface area contributed by atoms with Crippen molar-refractivity contribution in [3.05, 3.63) is 36.7 Å². The topological polar surface area (TPSA) is 4.93 Å². The summed E-state index contributed by atoms with van der Waals surface area (Å²) in [5.74, 6) is 0. The molecule has 1 aliphatic heterocycles. The molecule has 0 fully saturated rings. The van der Waals surface area contributed by atoms with E-state index in [1.54, 1.807) is 0 Å². The average molecular weight is 147 g/mol. The maximum absolute atomic E-state index is 3.88. The Bertz CT molecular complexity index is 285. The highest BCUT2D eigenvalue weighted by atomic mass is 15.0. The Hall–Kier alpha value is -0.980. The Labute approximate surface area is 67.3 Å². The van der Waals surface area contributed by atoms with Crippen LogP contribution in [-0.4, -0.2) is 4.57 Å². The summed E-state index contributed by atoms with van der Waals surface area (Å²) in [6, 6.07) is 4.30. The molecule has 0 radical (unpaired) electrons. The lowest BCUT2D eigenvalue weighted by atomic mass is 9.86. The van der Waals surface area contributed by atoms with Gasteiger partial charge in [-0.1, -0.05) is 13.0 Å². The second kappa shape index (κ2) is 2.00. The molecule has 1 aliphatic rings. The van der Waals surface area contributed by atoms with Crippen molar-refractivity contribution in [2.24, 2.45) is 0 Å². The van der Waals surface area contributed by atoms with Crippen LogP contribution in [0.3, 0.4) is 0 Å². The molecule has 0 aliphatic carbocycles. The van der Waals surface area contributed by atoms with E-state index < -0.39 is 0 Å². The fraction of sp³-hybridized carbons (Fsp3) is 0.400. The van der Waals surface area contributed by atoms with E-state index in [4.69, 9.17) is 0 Å². The molecule has 11 heavy (non-hydrogen) atoms. The van der Waals surface area contributed by atoms with Crippen LogP contribution in [0.25, 0.3) is 0 Å². The Morgan fingerprint density at radius 2 is 2.55 bits per heavy atom. The van der Waals surface area contributed by atoms with E-state index in [-0.39, 0.29) is 5.41 Å². The first-order valence-electron chi connectivity index (χ1n) is 4.05. The minimum absolute atomic E-state index is 0.226. The molecule has 2 heterocycles. The van der Waals surface area contributed by atoms with Crippen molar-refractivity contribution < 1.29 is 0 Å². The summed E-state index contributed by atoms with van der Waals surface area (Å²) in [6.07, 6.45) is 5.41. The summed E-state index contributed by atoms with van der Waals surface area (Å²) in [4.78, 5) is 0. The highest BCUT2D eigenvalue weighted by molar-refractivity contribution is 5.27. The van der Waals surface area contributed by atoms with Crippen LogP contribution in [0, 0.1) is 0 Å². The van der Waals surface area contributed by atoms with Crippen LogP contribution in [0.1, 0.15) is 19.0 Å². The normalized spacial score (nSPS) is 28.5. The number of nitrogens with zero attached hydrogens (tertiary/aromatic N) is 1. The van der Waals surface area contributed by atoms with Crippen LogP contribution in [0.15, 0.2) is 31.0 Å². The van der Waals surface area contributed by atoms with Gasteiger partial charge in [0.25, 0.3) is 0 Å². The van der Waals surface area contributed by atoms with Crippen molar-refractivity contribution in [3.63, 3.8) is 0 Å². The Morgan fingerprint density at radius 3 is 3.27 bits per heavy atom. The quantitative estimate of drug-likeness (QED) is 0.537. The van der Waals surface area contributed by atoms with Gasteiger partial charge in [0.15, 0.2) is 0 Å². The Kier molecular flexibility index (Phi) is 1.22. The molecule has 0 saturated carbocycles. The molecule has 0 aromatic carbocycles. The second-order valence-electron chi connectivity index (χ2n) is 3.46. The van der Waals surface area contributed by atoms with Crippen LogP contribution in [0.4, 0.5) is 0 Å². The van der Waals surface area contributed by atoms with Gasteiger partial charge in [0, 0.05) is 23.9 Å². The molecular weight excluding hydrogens is 134 g/mol. The molecule has 0 saturated heterocycles. The molecule has 0 amide bonds. The van der Waals surface area contributed by atoms with Crippen molar-refractivity contribution >= 4 is 0 Å². The van der Waals surface area contributed by atoms with Gasteiger partial charge in [-0.25, -0.2) is 0 Å². The monoisotopic (exact) mass is 147 g/mol. The van der Waals surface area contributed by atoms with E-state index >= 15 is 0 Å². The number of rotatable bonds is 1. The molecular formula is C10H13N. The molecule has 0 N–H and O–H groups in total. The number of hydrogen-bond donors (Lipinski definition) is 0. The van der Waals surface area contributed by atoms with E-state index in [0.29, 0.717) is 0 Å². The minimum atomic E-state index is 0.226. The van der Waals surface area contributed by atoms with Gasteiger partial charge < -0.3 is 4.57 Å². The van der Waals surface area contributed by atoms with E-state index in [2.05, 4.69) is 42.5 Å². The first-order valence-corrected chi connectivity index (χ1v) is 4.05.